The Morgan fingerprint density at radius 1 is 1.50 bits per heavy atom. The van der Waals surface area contributed by atoms with E-state index in [4.69, 9.17) is 5.11 Å². The lowest BCUT2D eigenvalue weighted by Crippen LogP contribution is -1.94. The SMILES string of the molecule is Cc1ccc(C(C)O)nc1. The summed E-state index contributed by atoms with van der Waals surface area (Å²) in [6, 6.07) is 3.77. The molecule has 0 aromatic carbocycles. The van der Waals surface area contributed by atoms with E-state index in [0.29, 0.717) is 0 Å². The van der Waals surface area contributed by atoms with Crippen LogP contribution in [0.2, 0.25) is 0 Å². The Bertz CT molecular complexity index is 203. The summed E-state index contributed by atoms with van der Waals surface area (Å²) in [7, 11) is 0. The lowest BCUT2D eigenvalue weighted by Gasteiger charge is -2.01. The normalized spacial score (nSPS) is 13.1. The highest BCUT2D eigenvalue weighted by atomic mass is 16.3. The van der Waals surface area contributed by atoms with Gasteiger partial charge >= 0.3 is 0 Å². The molecule has 0 spiro atoms. The number of aryl methyl sites for hydroxylation is 1. The minimum absolute atomic E-state index is 0.458. The van der Waals surface area contributed by atoms with Crippen LogP contribution in [0.5, 0.6) is 0 Å². The first-order chi connectivity index (χ1) is 4.70. The van der Waals surface area contributed by atoms with Gasteiger partial charge in [-0.15, -0.1) is 0 Å². The number of aromatic nitrogens is 1. The van der Waals surface area contributed by atoms with Crippen LogP contribution in [0, 0.1) is 6.92 Å². The van der Waals surface area contributed by atoms with Crippen molar-refractivity contribution in [1.82, 2.24) is 4.98 Å². The molecule has 0 aliphatic carbocycles. The van der Waals surface area contributed by atoms with Gasteiger partial charge in [-0.2, -0.15) is 0 Å². The number of aliphatic hydroxyl groups excluding tert-OH is 1. The summed E-state index contributed by atoms with van der Waals surface area (Å²) in [6.07, 6.45) is 1.29. The van der Waals surface area contributed by atoms with Gasteiger partial charge in [-0.1, -0.05) is 6.07 Å². The molecule has 1 atom stereocenters. The quantitative estimate of drug-likeness (QED) is 0.635. The van der Waals surface area contributed by atoms with Gasteiger partial charge in [0.05, 0.1) is 11.8 Å². The fourth-order valence-corrected chi connectivity index (χ4v) is 0.726. The van der Waals surface area contributed by atoms with E-state index in [2.05, 4.69) is 4.98 Å². The molecular weight excluding hydrogens is 126 g/mol. The van der Waals surface area contributed by atoms with E-state index in [0.717, 1.165) is 11.3 Å². The fourth-order valence-electron chi connectivity index (χ4n) is 0.726. The number of rotatable bonds is 1. The van der Waals surface area contributed by atoms with Crippen LogP contribution in [-0.2, 0) is 0 Å². The Balaban J connectivity index is 2.89. The Hall–Kier alpha value is -0.890. The van der Waals surface area contributed by atoms with Gasteiger partial charge < -0.3 is 5.11 Å². The molecule has 0 fully saturated rings. The highest BCUT2D eigenvalue weighted by Crippen LogP contribution is 2.07. The van der Waals surface area contributed by atoms with Crippen molar-refractivity contribution in [3.63, 3.8) is 0 Å². The van der Waals surface area contributed by atoms with Gasteiger partial charge in [-0.3, -0.25) is 4.98 Å². The average molecular weight is 137 g/mol. The summed E-state index contributed by atoms with van der Waals surface area (Å²) in [4.78, 5) is 4.03. The van der Waals surface area contributed by atoms with Gasteiger partial charge in [-0.05, 0) is 25.5 Å². The molecule has 2 heteroatoms. The van der Waals surface area contributed by atoms with Gasteiger partial charge in [-0.25, -0.2) is 0 Å². The average Bonchev–Trinajstić information content (AvgIpc) is 1.88. The Morgan fingerprint density at radius 3 is 2.60 bits per heavy atom. The van der Waals surface area contributed by atoms with E-state index >= 15 is 0 Å². The standard InChI is InChI=1S/C8H11NO/c1-6-3-4-8(7(2)10)9-5-6/h3-5,7,10H,1-2H3. The van der Waals surface area contributed by atoms with Crippen molar-refractivity contribution in [3.8, 4) is 0 Å². The number of aliphatic hydroxyl groups is 1. The second-order valence-corrected chi connectivity index (χ2v) is 2.44. The van der Waals surface area contributed by atoms with Crippen molar-refractivity contribution in [3.05, 3.63) is 29.6 Å². The molecule has 1 heterocycles. The fraction of sp³-hybridized carbons (Fsp3) is 0.375. The van der Waals surface area contributed by atoms with Gasteiger partial charge in [0.2, 0.25) is 0 Å². The molecule has 2 nitrogen and oxygen atoms in total. The summed E-state index contributed by atoms with van der Waals surface area (Å²) in [5, 5.41) is 9.05. The highest BCUT2D eigenvalue weighted by molar-refractivity contribution is 5.13. The van der Waals surface area contributed by atoms with Crippen LogP contribution in [0.1, 0.15) is 24.3 Å². The Labute approximate surface area is 60.5 Å². The summed E-state index contributed by atoms with van der Waals surface area (Å²) in [5.74, 6) is 0. The third kappa shape index (κ3) is 1.54. The van der Waals surface area contributed by atoms with E-state index in [-0.39, 0.29) is 0 Å². The van der Waals surface area contributed by atoms with Crippen molar-refractivity contribution in [2.24, 2.45) is 0 Å². The smallest absolute Gasteiger partial charge is 0.0931 e. The molecule has 0 bridgehead atoms. The predicted molar refractivity (Wildman–Crippen MR) is 39.6 cm³/mol. The van der Waals surface area contributed by atoms with Crippen LogP contribution in [0.25, 0.3) is 0 Å². The summed E-state index contributed by atoms with van der Waals surface area (Å²) < 4.78 is 0. The number of nitrogens with zero attached hydrogens (tertiary/aromatic N) is 1. The van der Waals surface area contributed by atoms with Gasteiger partial charge in [0.25, 0.3) is 0 Å². The molecule has 1 N–H and O–H groups in total. The maximum absolute atomic E-state index is 9.05. The van der Waals surface area contributed by atoms with Crippen LogP contribution in [0.15, 0.2) is 18.3 Å². The molecule has 0 aliphatic heterocycles. The monoisotopic (exact) mass is 137 g/mol. The van der Waals surface area contributed by atoms with Crippen molar-refractivity contribution in [2.45, 2.75) is 20.0 Å². The summed E-state index contributed by atoms with van der Waals surface area (Å²) in [5.41, 5.74) is 1.84. The molecule has 0 amide bonds. The first kappa shape index (κ1) is 7.22. The van der Waals surface area contributed by atoms with Gasteiger partial charge in [0, 0.05) is 6.20 Å². The predicted octanol–water partition coefficient (Wildman–Crippen LogP) is 1.44. The van der Waals surface area contributed by atoms with Gasteiger partial charge in [0.15, 0.2) is 0 Å². The third-order valence-corrected chi connectivity index (χ3v) is 1.36. The second kappa shape index (κ2) is 2.80. The first-order valence-electron chi connectivity index (χ1n) is 3.31. The van der Waals surface area contributed by atoms with Gasteiger partial charge in [0.1, 0.15) is 0 Å². The molecule has 0 radical (unpaired) electrons. The Morgan fingerprint density at radius 2 is 2.20 bits per heavy atom. The molecule has 0 aliphatic rings. The van der Waals surface area contributed by atoms with Crippen LogP contribution in [0.4, 0.5) is 0 Å². The summed E-state index contributed by atoms with van der Waals surface area (Å²) in [6.45, 7) is 3.68. The molecule has 0 saturated heterocycles. The number of hydrogen-bond donors (Lipinski definition) is 1. The molecule has 1 aromatic rings. The van der Waals surface area contributed by atoms with Crippen LogP contribution < -0.4 is 0 Å². The zero-order chi connectivity index (χ0) is 7.56. The molecule has 1 aromatic heterocycles. The van der Waals surface area contributed by atoms with E-state index in [1.807, 2.05) is 19.1 Å². The maximum Gasteiger partial charge on any atom is 0.0931 e. The third-order valence-electron chi connectivity index (χ3n) is 1.36. The number of pyridine rings is 1. The zero-order valence-corrected chi connectivity index (χ0v) is 6.20. The maximum atomic E-state index is 9.05. The molecule has 1 unspecified atom stereocenters. The van der Waals surface area contributed by atoms with Crippen molar-refractivity contribution < 1.29 is 5.11 Å². The van der Waals surface area contributed by atoms with E-state index in [1.165, 1.54) is 0 Å². The van der Waals surface area contributed by atoms with E-state index < -0.39 is 6.10 Å². The van der Waals surface area contributed by atoms with Crippen LogP contribution >= 0.6 is 0 Å². The molecular formula is C8H11NO. The number of hydrogen-bond acceptors (Lipinski definition) is 2. The lowest BCUT2D eigenvalue weighted by atomic mass is 10.2. The summed E-state index contributed by atoms with van der Waals surface area (Å²) >= 11 is 0. The first-order valence-corrected chi connectivity index (χ1v) is 3.31. The van der Waals surface area contributed by atoms with Crippen LogP contribution in [0.3, 0.4) is 0 Å². The zero-order valence-electron chi connectivity index (χ0n) is 6.20. The molecule has 1 rings (SSSR count). The van der Waals surface area contributed by atoms with Crippen molar-refractivity contribution in [1.29, 1.82) is 0 Å². The van der Waals surface area contributed by atoms with Crippen molar-refractivity contribution >= 4 is 0 Å². The lowest BCUT2D eigenvalue weighted by molar-refractivity contribution is 0.194. The molecule has 10 heavy (non-hydrogen) atoms. The van der Waals surface area contributed by atoms with E-state index in [9.17, 15) is 0 Å². The van der Waals surface area contributed by atoms with E-state index in [1.54, 1.807) is 13.1 Å². The topological polar surface area (TPSA) is 33.1 Å². The molecule has 0 saturated carbocycles. The highest BCUT2D eigenvalue weighted by Gasteiger charge is 1.98. The second-order valence-electron chi connectivity index (χ2n) is 2.44. The largest absolute Gasteiger partial charge is 0.387 e. The molecule has 54 valence electrons. The van der Waals surface area contributed by atoms with Crippen molar-refractivity contribution in [2.75, 3.05) is 0 Å². The van der Waals surface area contributed by atoms with Crippen LogP contribution in [-0.4, -0.2) is 10.1 Å². The Kier molecular flexibility index (Phi) is 2.02. The minimum atomic E-state index is -0.458. The minimum Gasteiger partial charge on any atom is -0.387 e.